The lowest BCUT2D eigenvalue weighted by atomic mass is 9.79. The third-order valence-corrected chi connectivity index (χ3v) is 7.62. The number of hydrogen-bond donors (Lipinski definition) is 2. The second kappa shape index (κ2) is 9.26. The number of fused-ring (bicyclic) bond motifs is 2. The van der Waals surface area contributed by atoms with Gasteiger partial charge in [0.05, 0.1) is 24.6 Å². The summed E-state index contributed by atoms with van der Waals surface area (Å²) in [5, 5.41) is 13.3. The number of benzene rings is 1. The Hall–Kier alpha value is -2.34. The van der Waals surface area contributed by atoms with Gasteiger partial charge >= 0.3 is 5.63 Å². The highest BCUT2D eigenvalue weighted by Gasteiger charge is 2.37. The Kier molecular flexibility index (Phi) is 6.61. The zero-order chi connectivity index (χ0) is 22.9. The largest absolute Gasteiger partial charge is 0.487 e. The van der Waals surface area contributed by atoms with Crippen LogP contribution >= 0.6 is 0 Å². The number of ether oxygens (including phenoxy) is 1. The standard InChI is InChI=1S/C26H35NO5/c1-4-16(2)21(15-28)27-24(29)13-20-17(3)19-12-18-8-11-26(9-6-5-7-10-26)32-22(18)14-23(19)31-25(20)30/h12,14,16,21,28H,4-11,13,15H2,1-3H3,(H,27,29)/t16-,21+/m0/s1. The summed E-state index contributed by atoms with van der Waals surface area (Å²) in [4.78, 5) is 25.4. The van der Waals surface area contributed by atoms with Crippen molar-refractivity contribution in [2.45, 2.75) is 90.2 Å². The molecule has 2 atom stereocenters. The van der Waals surface area contributed by atoms with Crippen molar-refractivity contribution in [3.05, 3.63) is 39.2 Å². The average Bonchev–Trinajstić information content (AvgIpc) is 2.79. The number of carbonyl (C=O) groups is 1. The molecule has 6 heteroatoms. The number of aliphatic hydroxyl groups excluding tert-OH is 1. The van der Waals surface area contributed by atoms with Crippen LogP contribution in [-0.4, -0.2) is 29.3 Å². The second-order valence-corrected chi connectivity index (χ2v) is 9.71. The molecule has 174 valence electrons. The fourth-order valence-electron chi connectivity index (χ4n) is 5.22. The molecule has 32 heavy (non-hydrogen) atoms. The van der Waals surface area contributed by atoms with E-state index < -0.39 is 5.63 Å². The van der Waals surface area contributed by atoms with Crippen LogP contribution in [0.1, 0.15) is 75.5 Å². The van der Waals surface area contributed by atoms with Crippen molar-refractivity contribution in [1.82, 2.24) is 5.32 Å². The first kappa shape index (κ1) is 22.8. The average molecular weight is 442 g/mol. The molecule has 1 spiro atoms. The monoisotopic (exact) mass is 441 g/mol. The number of hydrogen-bond acceptors (Lipinski definition) is 5. The van der Waals surface area contributed by atoms with E-state index in [9.17, 15) is 14.7 Å². The number of nitrogens with one attached hydrogen (secondary N) is 1. The lowest BCUT2D eigenvalue weighted by molar-refractivity contribution is -0.121. The summed E-state index contributed by atoms with van der Waals surface area (Å²) in [6, 6.07) is 3.61. The molecule has 0 unspecified atom stereocenters. The molecule has 2 heterocycles. The van der Waals surface area contributed by atoms with Gasteiger partial charge in [-0.2, -0.15) is 0 Å². The normalized spacial score (nSPS) is 19.2. The van der Waals surface area contributed by atoms with Gasteiger partial charge in [0.2, 0.25) is 5.91 Å². The summed E-state index contributed by atoms with van der Waals surface area (Å²) in [6.45, 7) is 5.75. The molecular formula is C26H35NO5. The molecule has 0 bridgehead atoms. The fraction of sp³-hybridized carbons (Fsp3) is 0.615. The van der Waals surface area contributed by atoms with Gasteiger partial charge in [-0.1, -0.05) is 26.7 Å². The van der Waals surface area contributed by atoms with E-state index in [2.05, 4.69) is 11.4 Å². The van der Waals surface area contributed by atoms with Gasteiger partial charge in [0, 0.05) is 11.5 Å². The van der Waals surface area contributed by atoms with Crippen LogP contribution in [-0.2, 0) is 17.6 Å². The van der Waals surface area contributed by atoms with Crippen LogP contribution in [0, 0.1) is 12.8 Å². The molecule has 1 aromatic carbocycles. The van der Waals surface area contributed by atoms with Crippen molar-refractivity contribution < 1.29 is 19.1 Å². The zero-order valence-electron chi connectivity index (χ0n) is 19.5. The van der Waals surface area contributed by atoms with Crippen molar-refractivity contribution >= 4 is 16.9 Å². The van der Waals surface area contributed by atoms with Gasteiger partial charge in [0.15, 0.2) is 0 Å². The second-order valence-electron chi connectivity index (χ2n) is 9.71. The van der Waals surface area contributed by atoms with Crippen LogP contribution in [0.5, 0.6) is 5.75 Å². The Morgan fingerprint density at radius 1 is 1.22 bits per heavy atom. The number of carbonyl (C=O) groups excluding carboxylic acids is 1. The summed E-state index contributed by atoms with van der Waals surface area (Å²) in [7, 11) is 0. The van der Waals surface area contributed by atoms with Crippen molar-refractivity contribution in [3.8, 4) is 5.75 Å². The summed E-state index contributed by atoms with van der Waals surface area (Å²) >= 11 is 0. The maximum Gasteiger partial charge on any atom is 0.340 e. The molecule has 1 aromatic heterocycles. The molecule has 2 aliphatic rings. The van der Waals surface area contributed by atoms with E-state index in [0.717, 1.165) is 54.4 Å². The highest BCUT2D eigenvalue weighted by molar-refractivity contribution is 5.86. The Morgan fingerprint density at radius 2 is 1.97 bits per heavy atom. The van der Waals surface area contributed by atoms with E-state index in [1.54, 1.807) is 0 Å². The van der Waals surface area contributed by atoms with Crippen molar-refractivity contribution in [2.75, 3.05) is 6.61 Å². The van der Waals surface area contributed by atoms with Crippen LogP contribution in [0.2, 0.25) is 0 Å². The molecule has 4 rings (SSSR count). The maximum atomic E-state index is 12.8. The number of rotatable bonds is 6. The van der Waals surface area contributed by atoms with E-state index >= 15 is 0 Å². The first-order valence-electron chi connectivity index (χ1n) is 12.0. The van der Waals surface area contributed by atoms with E-state index in [-0.39, 0.29) is 36.5 Å². The van der Waals surface area contributed by atoms with Crippen LogP contribution in [0.25, 0.3) is 11.0 Å². The van der Waals surface area contributed by atoms with E-state index in [1.165, 1.54) is 19.3 Å². The third-order valence-electron chi connectivity index (χ3n) is 7.62. The first-order chi connectivity index (χ1) is 15.4. The minimum atomic E-state index is -0.489. The Morgan fingerprint density at radius 3 is 2.66 bits per heavy atom. The smallest absolute Gasteiger partial charge is 0.340 e. The minimum Gasteiger partial charge on any atom is -0.487 e. The quantitative estimate of drug-likeness (QED) is 0.656. The predicted molar refractivity (Wildman–Crippen MR) is 124 cm³/mol. The maximum absolute atomic E-state index is 12.8. The summed E-state index contributed by atoms with van der Waals surface area (Å²) < 4.78 is 12.1. The zero-order valence-corrected chi connectivity index (χ0v) is 19.5. The van der Waals surface area contributed by atoms with Crippen LogP contribution in [0.15, 0.2) is 21.3 Å². The van der Waals surface area contributed by atoms with Crippen LogP contribution in [0.4, 0.5) is 0 Å². The van der Waals surface area contributed by atoms with Gasteiger partial charge in [-0.25, -0.2) is 4.79 Å². The third kappa shape index (κ3) is 4.42. The van der Waals surface area contributed by atoms with Crippen LogP contribution in [0.3, 0.4) is 0 Å². The van der Waals surface area contributed by atoms with Gasteiger partial charge in [-0.05, 0) is 68.6 Å². The van der Waals surface area contributed by atoms with Gasteiger partial charge < -0.3 is 19.6 Å². The molecule has 1 aliphatic heterocycles. The molecule has 0 radical (unpaired) electrons. The predicted octanol–water partition coefficient (Wildman–Crippen LogP) is 4.20. The molecule has 1 amide bonds. The number of aryl methyl sites for hydroxylation is 2. The highest BCUT2D eigenvalue weighted by Crippen LogP contribution is 2.43. The number of amides is 1. The highest BCUT2D eigenvalue weighted by atomic mass is 16.5. The molecule has 2 aromatic rings. The molecule has 6 nitrogen and oxygen atoms in total. The molecule has 2 N–H and O–H groups in total. The SMILES string of the molecule is CC[C@H](C)[C@@H](CO)NC(=O)Cc1c(C)c2cc3c(cc2oc1=O)OC1(CCCCC1)CC3. The molecular weight excluding hydrogens is 406 g/mol. The van der Waals surface area contributed by atoms with Gasteiger partial charge in [0.25, 0.3) is 0 Å². The molecule has 0 saturated heterocycles. The first-order valence-corrected chi connectivity index (χ1v) is 12.0. The van der Waals surface area contributed by atoms with Gasteiger partial charge in [-0.3, -0.25) is 4.79 Å². The van der Waals surface area contributed by atoms with Crippen molar-refractivity contribution in [2.24, 2.45) is 5.92 Å². The van der Waals surface area contributed by atoms with E-state index in [0.29, 0.717) is 11.1 Å². The Balaban J connectivity index is 1.60. The summed E-state index contributed by atoms with van der Waals surface area (Å²) in [6.07, 6.45) is 8.62. The fourth-order valence-corrected chi connectivity index (χ4v) is 5.22. The van der Waals surface area contributed by atoms with Gasteiger partial charge in [-0.15, -0.1) is 0 Å². The Bertz CT molecular complexity index is 1050. The van der Waals surface area contributed by atoms with Crippen molar-refractivity contribution in [3.63, 3.8) is 0 Å². The van der Waals surface area contributed by atoms with Crippen LogP contribution < -0.4 is 15.7 Å². The molecule has 1 saturated carbocycles. The van der Waals surface area contributed by atoms with Crippen molar-refractivity contribution in [1.29, 1.82) is 0 Å². The minimum absolute atomic E-state index is 0.0618. The Labute approximate surface area is 189 Å². The van der Waals surface area contributed by atoms with Gasteiger partial charge in [0.1, 0.15) is 16.9 Å². The molecule has 1 aliphatic carbocycles. The topological polar surface area (TPSA) is 88.8 Å². The van der Waals surface area contributed by atoms with E-state index in [1.807, 2.05) is 26.8 Å². The lowest BCUT2D eigenvalue weighted by Crippen LogP contribution is -2.43. The van der Waals surface area contributed by atoms with E-state index in [4.69, 9.17) is 9.15 Å². The summed E-state index contributed by atoms with van der Waals surface area (Å²) in [5.41, 5.74) is 2.24. The lowest BCUT2D eigenvalue weighted by Gasteiger charge is -2.41. The summed E-state index contributed by atoms with van der Waals surface area (Å²) in [5.74, 6) is 0.703. The molecule has 1 fully saturated rings. The number of aliphatic hydroxyl groups is 1.